The fourth-order valence-corrected chi connectivity index (χ4v) is 1.09. The molecule has 0 aromatic rings. The van der Waals surface area contributed by atoms with E-state index in [1.54, 1.807) is 6.92 Å². The Morgan fingerprint density at radius 1 is 1.17 bits per heavy atom. The van der Waals surface area contributed by atoms with Crippen LogP contribution in [0.15, 0.2) is 0 Å². The highest BCUT2D eigenvalue weighted by Crippen LogP contribution is 2.19. The Bertz CT molecular complexity index is 118. The monoisotopic (exact) mass is 178 g/mol. The lowest BCUT2D eigenvalue weighted by Crippen LogP contribution is -2.33. The molecule has 0 amide bonds. The molecule has 12 heavy (non-hydrogen) atoms. The highest BCUT2D eigenvalue weighted by atomic mass is 16.5. The Morgan fingerprint density at radius 2 is 1.67 bits per heavy atom. The third-order valence-electron chi connectivity index (χ3n) is 1.78. The quantitative estimate of drug-likeness (QED) is 0.507. The highest BCUT2D eigenvalue weighted by Gasteiger charge is 2.39. The summed E-state index contributed by atoms with van der Waals surface area (Å²) in [6.45, 7) is 5.41. The smallest absolute Gasteiger partial charge is 0.111 e. The van der Waals surface area contributed by atoms with Crippen molar-refractivity contribution < 1.29 is 20.1 Å². The summed E-state index contributed by atoms with van der Waals surface area (Å²) < 4.78 is 4.98. The van der Waals surface area contributed by atoms with E-state index in [0.29, 0.717) is 0 Å². The van der Waals surface area contributed by atoms with Gasteiger partial charge < -0.3 is 20.1 Å². The number of hydrogen-bond donors (Lipinski definition) is 3. The maximum atomic E-state index is 9.09. The molecule has 1 saturated heterocycles. The van der Waals surface area contributed by atoms with E-state index in [1.165, 1.54) is 0 Å². The zero-order valence-electron chi connectivity index (χ0n) is 7.77. The SMILES string of the molecule is CC.CC1OC(CO)C(O)C1O. The minimum Gasteiger partial charge on any atom is -0.394 e. The molecular weight excluding hydrogens is 160 g/mol. The van der Waals surface area contributed by atoms with Crippen LogP contribution in [0.3, 0.4) is 0 Å². The van der Waals surface area contributed by atoms with Gasteiger partial charge >= 0.3 is 0 Å². The zero-order chi connectivity index (χ0) is 9.72. The molecule has 0 bridgehead atoms. The zero-order valence-corrected chi connectivity index (χ0v) is 7.77. The lowest BCUT2D eigenvalue weighted by molar-refractivity contribution is -0.0171. The molecule has 0 aromatic heterocycles. The predicted octanol–water partition coefficient (Wildman–Crippen LogP) is -0.486. The standard InChI is InChI=1S/C6H12O4.C2H6/c1-3-5(8)6(9)4(2-7)10-3;1-2/h3-9H,2H2,1H3;1-2H3. The Labute approximate surface area is 72.8 Å². The van der Waals surface area contributed by atoms with Crippen molar-refractivity contribution in [3.8, 4) is 0 Å². The molecule has 1 fully saturated rings. The number of aliphatic hydroxyl groups excluding tert-OH is 3. The van der Waals surface area contributed by atoms with Gasteiger partial charge in [0.25, 0.3) is 0 Å². The van der Waals surface area contributed by atoms with E-state index in [9.17, 15) is 0 Å². The lowest BCUT2D eigenvalue weighted by atomic mass is 10.1. The minimum absolute atomic E-state index is 0.247. The summed E-state index contributed by atoms with van der Waals surface area (Å²) in [5, 5.41) is 26.8. The predicted molar refractivity (Wildman–Crippen MR) is 44.8 cm³/mol. The molecule has 1 aliphatic heterocycles. The molecule has 74 valence electrons. The van der Waals surface area contributed by atoms with Crippen LogP contribution in [0.5, 0.6) is 0 Å². The molecule has 0 radical (unpaired) electrons. The first-order valence-corrected chi connectivity index (χ1v) is 4.29. The van der Waals surface area contributed by atoms with E-state index < -0.39 is 18.3 Å². The molecule has 1 heterocycles. The van der Waals surface area contributed by atoms with Crippen molar-refractivity contribution in [2.75, 3.05) is 6.61 Å². The summed E-state index contributed by atoms with van der Waals surface area (Å²) in [6.07, 6.45) is -2.81. The molecule has 1 aliphatic rings. The van der Waals surface area contributed by atoms with Crippen molar-refractivity contribution in [3.63, 3.8) is 0 Å². The number of rotatable bonds is 1. The summed E-state index contributed by atoms with van der Waals surface area (Å²) in [7, 11) is 0. The van der Waals surface area contributed by atoms with Gasteiger partial charge in [0.2, 0.25) is 0 Å². The number of aliphatic hydroxyl groups is 3. The molecule has 0 aromatic carbocycles. The van der Waals surface area contributed by atoms with Crippen molar-refractivity contribution >= 4 is 0 Å². The van der Waals surface area contributed by atoms with Crippen molar-refractivity contribution in [2.45, 2.75) is 45.2 Å². The fraction of sp³-hybridized carbons (Fsp3) is 1.00. The van der Waals surface area contributed by atoms with Gasteiger partial charge in [0.15, 0.2) is 0 Å². The Hall–Kier alpha value is -0.160. The van der Waals surface area contributed by atoms with Crippen molar-refractivity contribution in [3.05, 3.63) is 0 Å². The molecule has 1 rings (SSSR count). The van der Waals surface area contributed by atoms with Gasteiger partial charge in [-0.1, -0.05) is 13.8 Å². The summed E-state index contributed by atoms with van der Waals surface area (Å²) in [5.74, 6) is 0. The van der Waals surface area contributed by atoms with Crippen molar-refractivity contribution in [2.24, 2.45) is 0 Å². The Morgan fingerprint density at radius 3 is 1.83 bits per heavy atom. The molecule has 4 atom stereocenters. The lowest BCUT2D eigenvalue weighted by Gasteiger charge is -2.10. The van der Waals surface area contributed by atoms with Gasteiger partial charge in [-0.3, -0.25) is 0 Å². The summed E-state index contributed by atoms with van der Waals surface area (Å²) in [5.41, 5.74) is 0. The van der Waals surface area contributed by atoms with E-state index in [-0.39, 0.29) is 12.7 Å². The number of hydrogen-bond acceptors (Lipinski definition) is 4. The van der Waals surface area contributed by atoms with Crippen LogP contribution in [0.2, 0.25) is 0 Å². The van der Waals surface area contributed by atoms with Gasteiger partial charge in [-0.15, -0.1) is 0 Å². The molecule has 0 spiro atoms. The van der Waals surface area contributed by atoms with Crippen LogP contribution in [0.25, 0.3) is 0 Å². The first kappa shape index (κ1) is 11.8. The Kier molecular flexibility index (Phi) is 5.41. The molecule has 0 aliphatic carbocycles. The first-order valence-electron chi connectivity index (χ1n) is 4.29. The van der Waals surface area contributed by atoms with Crippen LogP contribution in [0.1, 0.15) is 20.8 Å². The molecule has 4 unspecified atom stereocenters. The van der Waals surface area contributed by atoms with Crippen LogP contribution >= 0.6 is 0 Å². The topological polar surface area (TPSA) is 69.9 Å². The van der Waals surface area contributed by atoms with Gasteiger partial charge in [0.1, 0.15) is 18.3 Å². The van der Waals surface area contributed by atoms with Crippen molar-refractivity contribution in [1.29, 1.82) is 0 Å². The van der Waals surface area contributed by atoms with Crippen LogP contribution in [0, 0.1) is 0 Å². The largest absolute Gasteiger partial charge is 0.394 e. The molecule has 4 nitrogen and oxygen atoms in total. The van der Waals surface area contributed by atoms with E-state index in [2.05, 4.69) is 0 Å². The second-order valence-electron chi connectivity index (χ2n) is 2.54. The van der Waals surface area contributed by atoms with Gasteiger partial charge in [-0.05, 0) is 6.92 Å². The third-order valence-corrected chi connectivity index (χ3v) is 1.78. The summed E-state index contributed by atoms with van der Waals surface area (Å²) >= 11 is 0. The van der Waals surface area contributed by atoms with Crippen LogP contribution in [-0.2, 0) is 4.74 Å². The van der Waals surface area contributed by atoms with Gasteiger partial charge in [-0.25, -0.2) is 0 Å². The van der Waals surface area contributed by atoms with E-state index >= 15 is 0 Å². The molecule has 3 N–H and O–H groups in total. The minimum atomic E-state index is -0.944. The van der Waals surface area contributed by atoms with Crippen LogP contribution in [-0.4, -0.2) is 46.3 Å². The fourth-order valence-electron chi connectivity index (χ4n) is 1.09. The normalized spacial score (nSPS) is 40.5. The molecular formula is C8H18O4. The summed E-state index contributed by atoms with van der Waals surface area (Å²) in [6, 6.07) is 0. The van der Waals surface area contributed by atoms with E-state index in [4.69, 9.17) is 20.1 Å². The average molecular weight is 178 g/mol. The maximum absolute atomic E-state index is 9.09. The Balaban J connectivity index is 0.000000561. The highest BCUT2D eigenvalue weighted by molar-refractivity contribution is 4.87. The number of ether oxygens (including phenoxy) is 1. The van der Waals surface area contributed by atoms with Gasteiger partial charge in [0, 0.05) is 0 Å². The van der Waals surface area contributed by atoms with Gasteiger partial charge in [-0.2, -0.15) is 0 Å². The van der Waals surface area contributed by atoms with Crippen LogP contribution < -0.4 is 0 Å². The second-order valence-corrected chi connectivity index (χ2v) is 2.54. The average Bonchev–Trinajstić information content (AvgIpc) is 2.36. The van der Waals surface area contributed by atoms with Gasteiger partial charge in [0.05, 0.1) is 12.7 Å². The second kappa shape index (κ2) is 5.48. The molecule has 4 heteroatoms. The van der Waals surface area contributed by atoms with E-state index in [1.807, 2.05) is 13.8 Å². The third kappa shape index (κ3) is 2.42. The first-order chi connectivity index (χ1) is 5.66. The molecule has 0 saturated carbocycles. The maximum Gasteiger partial charge on any atom is 0.111 e. The van der Waals surface area contributed by atoms with Crippen LogP contribution in [0.4, 0.5) is 0 Å². The van der Waals surface area contributed by atoms with Crippen molar-refractivity contribution in [1.82, 2.24) is 0 Å². The van der Waals surface area contributed by atoms with E-state index in [0.717, 1.165) is 0 Å². The summed E-state index contributed by atoms with van der Waals surface area (Å²) in [4.78, 5) is 0.